The molecule has 1 aromatic rings. The smallest absolute Gasteiger partial charge is 0.0521 e. The van der Waals surface area contributed by atoms with Crippen molar-refractivity contribution in [3.05, 3.63) is 18.0 Å². The van der Waals surface area contributed by atoms with Gasteiger partial charge in [-0.15, -0.1) is 0 Å². The van der Waals surface area contributed by atoms with Gasteiger partial charge in [-0.2, -0.15) is 5.10 Å². The molecule has 16 heavy (non-hydrogen) atoms. The van der Waals surface area contributed by atoms with Gasteiger partial charge in [0.25, 0.3) is 0 Å². The van der Waals surface area contributed by atoms with Crippen LogP contribution in [0.2, 0.25) is 0 Å². The first-order valence-corrected chi connectivity index (χ1v) is 6.07. The standard InChI is InChI=1S/C13H25N3/c1-11(2)7-14-10-13(3,4)6-12-8-15-16(5)9-12/h8-9,11,14H,6-7,10H2,1-5H3. The molecule has 0 unspecified atom stereocenters. The zero-order valence-corrected chi connectivity index (χ0v) is 11.2. The van der Waals surface area contributed by atoms with Crippen LogP contribution in [0.4, 0.5) is 0 Å². The molecule has 0 saturated heterocycles. The second-order valence-corrected chi connectivity index (χ2v) is 5.89. The summed E-state index contributed by atoms with van der Waals surface area (Å²) in [5, 5.41) is 7.73. The summed E-state index contributed by atoms with van der Waals surface area (Å²) in [4.78, 5) is 0. The van der Waals surface area contributed by atoms with E-state index in [1.165, 1.54) is 5.56 Å². The van der Waals surface area contributed by atoms with Gasteiger partial charge in [0.05, 0.1) is 6.20 Å². The van der Waals surface area contributed by atoms with Gasteiger partial charge in [-0.05, 0) is 29.9 Å². The topological polar surface area (TPSA) is 29.9 Å². The Labute approximate surface area is 99.2 Å². The van der Waals surface area contributed by atoms with Crippen LogP contribution in [0, 0.1) is 11.3 Å². The summed E-state index contributed by atoms with van der Waals surface area (Å²) in [5.74, 6) is 0.717. The van der Waals surface area contributed by atoms with E-state index in [4.69, 9.17) is 0 Å². The third-order valence-electron chi connectivity index (χ3n) is 2.60. The minimum atomic E-state index is 0.290. The van der Waals surface area contributed by atoms with Gasteiger partial charge in [0.1, 0.15) is 0 Å². The number of hydrogen-bond acceptors (Lipinski definition) is 2. The van der Waals surface area contributed by atoms with Crippen LogP contribution in [0.1, 0.15) is 33.3 Å². The molecule has 1 rings (SSSR count). The first-order chi connectivity index (χ1) is 7.39. The van der Waals surface area contributed by atoms with Gasteiger partial charge >= 0.3 is 0 Å². The van der Waals surface area contributed by atoms with Crippen LogP contribution >= 0.6 is 0 Å². The molecular formula is C13H25N3. The number of nitrogens with zero attached hydrogens (tertiary/aromatic N) is 2. The van der Waals surface area contributed by atoms with Gasteiger partial charge in [-0.1, -0.05) is 27.7 Å². The van der Waals surface area contributed by atoms with Crippen molar-refractivity contribution < 1.29 is 0 Å². The maximum absolute atomic E-state index is 4.21. The summed E-state index contributed by atoms with van der Waals surface area (Å²) in [5.41, 5.74) is 1.61. The molecule has 3 nitrogen and oxygen atoms in total. The predicted molar refractivity (Wildman–Crippen MR) is 68.4 cm³/mol. The molecule has 0 radical (unpaired) electrons. The molecule has 1 N–H and O–H groups in total. The molecule has 1 aromatic heterocycles. The van der Waals surface area contributed by atoms with Crippen LogP contribution in [0.25, 0.3) is 0 Å². The van der Waals surface area contributed by atoms with Crippen LogP contribution in [-0.2, 0) is 13.5 Å². The largest absolute Gasteiger partial charge is 0.316 e. The lowest BCUT2D eigenvalue weighted by molar-refractivity contribution is 0.330. The zero-order valence-electron chi connectivity index (χ0n) is 11.2. The van der Waals surface area contributed by atoms with Crippen molar-refractivity contribution in [1.29, 1.82) is 0 Å². The Morgan fingerprint density at radius 1 is 1.44 bits per heavy atom. The van der Waals surface area contributed by atoms with Crippen LogP contribution in [0.3, 0.4) is 0 Å². The van der Waals surface area contributed by atoms with Gasteiger partial charge in [-0.25, -0.2) is 0 Å². The highest BCUT2D eigenvalue weighted by Gasteiger charge is 2.18. The monoisotopic (exact) mass is 223 g/mol. The Hall–Kier alpha value is -0.830. The Kier molecular flexibility index (Phi) is 4.54. The number of nitrogens with one attached hydrogen (secondary N) is 1. The van der Waals surface area contributed by atoms with Crippen molar-refractivity contribution in [3.8, 4) is 0 Å². The quantitative estimate of drug-likeness (QED) is 0.801. The summed E-state index contributed by atoms with van der Waals surface area (Å²) in [6.45, 7) is 11.2. The molecule has 0 amide bonds. The van der Waals surface area contributed by atoms with E-state index in [0.29, 0.717) is 5.92 Å². The molecule has 0 aliphatic heterocycles. The van der Waals surface area contributed by atoms with Gasteiger partial charge in [-0.3, -0.25) is 4.68 Å². The summed E-state index contributed by atoms with van der Waals surface area (Å²) >= 11 is 0. The minimum absolute atomic E-state index is 0.290. The number of aromatic nitrogens is 2. The highest BCUT2D eigenvalue weighted by molar-refractivity contribution is 5.06. The Morgan fingerprint density at radius 2 is 2.12 bits per heavy atom. The van der Waals surface area contributed by atoms with E-state index in [9.17, 15) is 0 Å². The summed E-state index contributed by atoms with van der Waals surface area (Å²) in [7, 11) is 1.97. The first kappa shape index (κ1) is 13.2. The molecule has 0 spiro atoms. The molecular weight excluding hydrogens is 198 g/mol. The van der Waals surface area contributed by atoms with Crippen molar-refractivity contribution in [2.75, 3.05) is 13.1 Å². The van der Waals surface area contributed by atoms with Crippen molar-refractivity contribution in [2.45, 2.75) is 34.1 Å². The number of rotatable bonds is 6. The third-order valence-corrected chi connectivity index (χ3v) is 2.60. The highest BCUT2D eigenvalue weighted by Crippen LogP contribution is 2.20. The summed E-state index contributed by atoms with van der Waals surface area (Å²) in [6.07, 6.45) is 5.14. The van der Waals surface area contributed by atoms with Crippen LogP contribution in [0.5, 0.6) is 0 Å². The van der Waals surface area contributed by atoms with Crippen LogP contribution < -0.4 is 5.32 Å². The van der Waals surface area contributed by atoms with Gasteiger partial charge < -0.3 is 5.32 Å². The number of hydrogen-bond donors (Lipinski definition) is 1. The highest BCUT2D eigenvalue weighted by atomic mass is 15.2. The average molecular weight is 223 g/mol. The second-order valence-electron chi connectivity index (χ2n) is 5.89. The normalized spacial score (nSPS) is 12.4. The van der Waals surface area contributed by atoms with Crippen LogP contribution in [-0.4, -0.2) is 22.9 Å². The van der Waals surface area contributed by atoms with Crippen molar-refractivity contribution in [3.63, 3.8) is 0 Å². The van der Waals surface area contributed by atoms with E-state index in [-0.39, 0.29) is 5.41 Å². The number of aryl methyl sites for hydroxylation is 1. The molecule has 3 heteroatoms. The SMILES string of the molecule is CC(C)CNCC(C)(C)Cc1cnn(C)c1. The van der Waals surface area contributed by atoms with E-state index >= 15 is 0 Å². The van der Waals surface area contributed by atoms with E-state index < -0.39 is 0 Å². The van der Waals surface area contributed by atoms with Crippen LogP contribution in [0.15, 0.2) is 12.4 Å². The maximum Gasteiger partial charge on any atom is 0.0521 e. The van der Waals surface area contributed by atoms with E-state index in [1.54, 1.807) is 0 Å². The van der Waals surface area contributed by atoms with E-state index in [0.717, 1.165) is 19.5 Å². The molecule has 0 fully saturated rings. The lowest BCUT2D eigenvalue weighted by Crippen LogP contribution is -2.33. The van der Waals surface area contributed by atoms with Gasteiger partial charge in [0.15, 0.2) is 0 Å². The summed E-state index contributed by atoms with van der Waals surface area (Å²) in [6, 6.07) is 0. The predicted octanol–water partition coefficient (Wildman–Crippen LogP) is 2.23. The maximum atomic E-state index is 4.21. The molecule has 0 aliphatic rings. The average Bonchev–Trinajstić information content (AvgIpc) is 2.48. The van der Waals surface area contributed by atoms with Gasteiger partial charge in [0, 0.05) is 19.8 Å². The molecule has 1 heterocycles. The summed E-state index contributed by atoms with van der Waals surface area (Å²) < 4.78 is 1.87. The van der Waals surface area contributed by atoms with Crippen molar-refractivity contribution in [1.82, 2.24) is 15.1 Å². The third kappa shape index (κ3) is 4.79. The van der Waals surface area contributed by atoms with E-state index in [2.05, 4.69) is 44.3 Å². The fourth-order valence-electron chi connectivity index (χ4n) is 1.88. The molecule has 92 valence electrons. The Balaban J connectivity index is 2.39. The molecule has 0 saturated carbocycles. The lowest BCUT2D eigenvalue weighted by atomic mass is 9.86. The fourth-order valence-corrected chi connectivity index (χ4v) is 1.88. The Morgan fingerprint density at radius 3 is 2.62 bits per heavy atom. The molecule has 0 bridgehead atoms. The lowest BCUT2D eigenvalue weighted by Gasteiger charge is -2.25. The molecule has 0 atom stereocenters. The Bertz CT molecular complexity index is 313. The van der Waals surface area contributed by atoms with E-state index in [1.807, 2.05) is 17.9 Å². The van der Waals surface area contributed by atoms with Gasteiger partial charge in [0.2, 0.25) is 0 Å². The second kappa shape index (κ2) is 5.48. The molecule has 0 aliphatic carbocycles. The molecule has 0 aromatic carbocycles. The van der Waals surface area contributed by atoms with Crippen molar-refractivity contribution in [2.24, 2.45) is 18.4 Å². The zero-order chi connectivity index (χ0) is 12.2. The van der Waals surface area contributed by atoms with Crippen molar-refractivity contribution >= 4 is 0 Å². The first-order valence-electron chi connectivity index (χ1n) is 6.07. The minimum Gasteiger partial charge on any atom is -0.316 e. The fraction of sp³-hybridized carbons (Fsp3) is 0.769.